The summed E-state index contributed by atoms with van der Waals surface area (Å²) in [5.41, 5.74) is 5.56. The lowest BCUT2D eigenvalue weighted by atomic mass is 10.2. The van der Waals surface area contributed by atoms with Gasteiger partial charge in [0.2, 0.25) is 0 Å². The summed E-state index contributed by atoms with van der Waals surface area (Å²) in [6.45, 7) is 2.50. The fraction of sp³-hybridized carbons (Fsp3) is 0.455. The molecule has 0 aromatic heterocycles. The molecule has 0 aliphatic rings. The lowest BCUT2D eigenvalue weighted by Crippen LogP contribution is -2.26. The van der Waals surface area contributed by atoms with Gasteiger partial charge in [0.1, 0.15) is 17.7 Å². The molecule has 1 atom stereocenters. The van der Waals surface area contributed by atoms with E-state index < -0.39 is 0 Å². The van der Waals surface area contributed by atoms with Gasteiger partial charge in [-0.1, -0.05) is 13.3 Å². The molecule has 1 aromatic rings. The molecule has 0 aliphatic carbocycles. The number of benzene rings is 1. The van der Waals surface area contributed by atoms with Crippen LogP contribution in [0.3, 0.4) is 0 Å². The first-order valence-electron chi connectivity index (χ1n) is 4.99. The van der Waals surface area contributed by atoms with Crippen molar-refractivity contribution < 1.29 is 9.13 Å². The summed E-state index contributed by atoms with van der Waals surface area (Å²) in [5, 5.41) is 0. The van der Waals surface area contributed by atoms with Crippen LogP contribution in [0.1, 0.15) is 19.8 Å². The Morgan fingerprint density at radius 1 is 1.53 bits per heavy atom. The van der Waals surface area contributed by atoms with E-state index in [9.17, 15) is 4.39 Å². The molecule has 0 radical (unpaired) electrons. The molecular weight excluding hydrogens is 261 g/mol. The van der Waals surface area contributed by atoms with Crippen LogP contribution in [0.15, 0.2) is 22.7 Å². The molecule has 2 N–H and O–H groups in total. The topological polar surface area (TPSA) is 35.2 Å². The van der Waals surface area contributed by atoms with E-state index in [1.807, 2.05) is 0 Å². The van der Waals surface area contributed by atoms with Crippen LogP contribution in [-0.4, -0.2) is 12.6 Å². The summed E-state index contributed by atoms with van der Waals surface area (Å²) in [4.78, 5) is 0. The Hall–Kier alpha value is -0.610. The monoisotopic (exact) mass is 275 g/mol. The highest BCUT2D eigenvalue weighted by molar-refractivity contribution is 9.10. The van der Waals surface area contributed by atoms with Crippen LogP contribution in [0.5, 0.6) is 5.75 Å². The third-order valence-corrected chi connectivity index (χ3v) is 2.72. The molecule has 0 heterocycles. The maximum Gasteiger partial charge on any atom is 0.136 e. The Morgan fingerprint density at radius 3 is 2.87 bits per heavy atom. The molecule has 4 heteroatoms. The zero-order valence-electron chi connectivity index (χ0n) is 8.67. The van der Waals surface area contributed by atoms with Crippen molar-refractivity contribution >= 4 is 15.9 Å². The highest BCUT2D eigenvalue weighted by Gasteiger charge is 2.10. The first-order valence-corrected chi connectivity index (χ1v) is 5.78. The molecule has 0 fully saturated rings. The summed E-state index contributed by atoms with van der Waals surface area (Å²) >= 11 is 3.31. The predicted molar refractivity (Wildman–Crippen MR) is 62.5 cm³/mol. The molecule has 1 unspecified atom stereocenters. The van der Waals surface area contributed by atoms with Crippen molar-refractivity contribution in [2.75, 3.05) is 6.54 Å². The Morgan fingerprint density at radius 2 is 2.27 bits per heavy atom. The number of hydrogen-bond acceptors (Lipinski definition) is 2. The van der Waals surface area contributed by atoms with Crippen molar-refractivity contribution in [1.82, 2.24) is 0 Å². The van der Waals surface area contributed by atoms with E-state index in [2.05, 4.69) is 22.9 Å². The van der Waals surface area contributed by atoms with Crippen molar-refractivity contribution in [3.8, 4) is 5.75 Å². The van der Waals surface area contributed by atoms with Gasteiger partial charge in [0, 0.05) is 12.6 Å². The first-order chi connectivity index (χ1) is 7.17. The zero-order chi connectivity index (χ0) is 11.3. The average molecular weight is 276 g/mol. The largest absolute Gasteiger partial charge is 0.488 e. The average Bonchev–Trinajstić information content (AvgIpc) is 2.22. The van der Waals surface area contributed by atoms with Crippen molar-refractivity contribution in [2.45, 2.75) is 25.9 Å². The Balaban J connectivity index is 2.73. The highest BCUT2D eigenvalue weighted by Crippen LogP contribution is 2.26. The van der Waals surface area contributed by atoms with Crippen LogP contribution in [0.4, 0.5) is 4.39 Å². The number of hydrogen-bond donors (Lipinski definition) is 1. The van der Waals surface area contributed by atoms with E-state index in [4.69, 9.17) is 10.5 Å². The molecule has 0 aliphatic heterocycles. The standard InChI is InChI=1S/C11H15BrFNO/c1-2-3-9(7-14)15-11-6-8(13)4-5-10(11)12/h4-6,9H,2-3,7,14H2,1H3. The SMILES string of the molecule is CCCC(CN)Oc1cc(F)ccc1Br. The minimum absolute atomic E-state index is 0.0481. The second-order valence-corrected chi connectivity index (χ2v) is 4.19. The molecule has 84 valence electrons. The van der Waals surface area contributed by atoms with E-state index in [-0.39, 0.29) is 11.9 Å². The minimum Gasteiger partial charge on any atom is -0.488 e. The third kappa shape index (κ3) is 3.80. The van der Waals surface area contributed by atoms with Crippen molar-refractivity contribution in [3.05, 3.63) is 28.5 Å². The number of ether oxygens (including phenoxy) is 1. The van der Waals surface area contributed by atoms with Crippen molar-refractivity contribution in [2.24, 2.45) is 5.73 Å². The van der Waals surface area contributed by atoms with Gasteiger partial charge in [-0.3, -0.25) is 0 Å². The van der Waals surface area contributed by atoms with Gasteiger partial charge in [0.15, 0.2) is 0 Å². The normalized spacial score (nSPS) is 12.5. The minimum atomic E-state index is -0.305. The van der Waals surface area contributed by atoms with E-state index in [1.54, 1.807) is 6.07 Å². The predicted octanol–water partition coefficient (Wildman–Crippen LogP) is 3.09. The van der Waals surface area contributed by atoms with Gasteiger partial charge >= 0.3 is 0 Å². The molecule has 0 spiro atoms. The maximum absolute atomic E-state index is 13.0. The quantitative estimate of drug-likeness (QED) is 0.896. The van der Waals surface area contributed by atoms with Crippen molar-refractivity contribution in [3.63, 3.8) is 0 Å². The van der Waals surface area contributed by atoms with E-state index in [0.717, 1.165) is 17.3 Å². The van der Waals surface area contributed by atoms with Crippen LogP contribution in [0, 0.1) is 5.82 Å². The maximum atomic E-state index is 13.0. The molecule has 0 saturated carbocycles. The number of rotatable bonds is 5. The summed E-state index contributed by atoms with van der Waals surface area (Å²) in [5.74, 6) is 0.208. The Bertz CT molecular complexity index is 319. The zero-order valence-corrected chi connectivity index (χ0v) is 10.3. The molecule has 0 bridgehead atoms. The Kier molecular flexibility index (Phi) is 5.05. The second-order valence-electron chi connectivity index (χ2n) is 3.34. The summed E-state index contributed by atoms with van der Waals surface area (Å²) in [6.07, 6.45) is 1.82. The number of halogens is 2. The van der Waals surface area contributed by atoms with Gasteiger partial charge in [0.25, 0.3) is 0 Å². The van der Waals surface area contributed by atoms with Crippen LogP contribution in [0.25, 0.3) is 0 Å². The summed E-state index contributed by atoms with van der Waals surface area (Å²) in [7, 11) is 0. The van der Waals surface area contributed by atoms with Gasteiger partial charge in [-0.2, -0.15) is 0 Å². The molecule has 1 rings (SSSR count). The molecule has 0 saturated heterocycles. The number of nitrogens with two attached hydrogens (primary N) is 1. The van der Waals surface area contributed by atoms with Crippen LogP contribution in [-0.2, 0) is 0 Å². The van der Waals surface area contributed by atoms with Crippen molar-refractivity contribution in [1.29, 1.82) is 0 Å². The van der Waals surface area contributed by atoms with E-state index in [0.29, 0.717) is 12.3 Å². The molecule has 0 amide bonds. The van der Waals surface area contributed by atoms with Crippen LogP contribution in [0.2, 0.25) is 0 Å². The van der Waals surface area contributed by atoms with E-state index >= 15 is 0 Å². The molecule has 1 aromatic carbocycles. The molecular formula is C11H15BrFNO. The first kappa shape index (κ1) is 12.5. The molecule has 15 heavy (non-hydrogen) atoms. The summed E-state index contributed by atoms with van der Waals surface area (Å²) in [6, 6.07) is 4.38. The fourth-order valence-corrected chi connectivity index (χ4v) is 1.63. The second kappa shape index (κ2) is 6.08. The van der Waals surface area contributed by atoms with Gasteiger partial charge in [-0.15, -0.1) is 0 Å². The van der Waals surface area contributed by atoms with Gasteiger partial charge in [-0.05, 0) is 34.5 Å². The Labute approximate surface area is 97.7 Å². The molecule has 2 nitrogen and oxygen atoms in total. The third-order valence-electron chi connectivity index (χ3n) is 2.06. The van der Waals surface area contributed by atoms with Gasteiger partial charge in [-0.25, -0.2) is 4.39 Å². The van der Waals surface area contributed by atoms with Gasteiger partial charge < -0.3 is 10.5 Å². The van der Waals surface area contributed by atoms with Crippen LogP contribution < -0.4 is 10.5 Å². The lowest BCUT2D eigenvalue weighted by Gasteiger charge is -2.17. The smallest absolute Gasteiger partial charge is 0.136 e. The fourth-order valence-electron chi connectivity index (χ4n) is 1.29. The highest BCUT2D eigenvalue weighted by atomic mass is 79.9. The summed E-state index contributed by atoms with van der Waals surface area (Å²) < 4.78 is 19.3. The van der Waals surface area contributed by atoms with Crippen LogP contribution >= 0.6 is 15.9 Å². The lowest BCUT2D eigenvalue weighted by molar-refractivity contribution is 0.196. The van der Waals surface area contributed by atoms with E-state index in [1.165, 1.54) is 12.1 Å². The van der Waals surface area contributed by atoms with Gasteiger partial charge in [0.05, 0.1) is 4.47 Å².